The monoisotopic (exact) mass is 214 g/mol. The van der Waals surface area contributed by atoms with Crippen molar-refractivity contribution in [2.75, 3.05) is 6.54 Å². The first kappa shape index (κ1) is 11.6. The molecule has 0 bridgehead atoms. The van der Waals surface area contributed by atoms with Crippen LogP contribution in [0.25, 0.3) is 0 Å². The van der Waals surface area contributed by atoms with Gasteiger partial charge in [-0.1, -0.05) is 13.3 Å². The predicted octanol–water partition coefficient (Wildman–Crippen LogP) is 1.78. The van der Waals surface area contributed by atoms with E-state index in [2.05, 4.69) is 17.2 Å². The van der Waals surface area contributed by atoms with Crippen LogP contribution >= 0.6 is 11.3 Å². The van der Waals surface area contributed by atoms with Crippen LogP contribution in [0.15, 0.2) is 11.7 Å². The third kappa shape index (κ3) is 4.17. The van der Waals surface area contributed by atoms with Crippen LogP contribution in [0.4, 0.5) is 0 Å². The lowest BCUT2D eigenvalue weighted by atomic mass is 10.0. The third-order valence-corrected chi connectivity index (χ3v) is 2.86. The van der Waals surface area contributed by atoms with Crippen molar-refractivity contribution in [1.82, 2.24) is 10.3 Å². The standard InChI is InChI=1S/C10H18N2OS/c1-3-4-10(2,13)7-11-5-9-6-12-8-14-9/h6,8,11,13H,3-5,7H2,1-2H3. The summed E-state index contributed by atoms with van der Waals surface area (Å²) in [6, 6.07) is 0. The molecule has 1 unspecified atom stereocenters. The van der Waals surface area contributed by atoms with Crippen LogP contribution in [-0.2, 0) is 6.54 Å². The van der Waals surface area contributed by atoms with Crippen molar-refractivity contribution in [3.05, 3.63) is 16.6 Å². The van der Waals surface area contributed by atoms with Gasteiger partial charge in [0.25, 0.3) is 0 Å². The first-order valence-electron chi connectivity index (χ1n) is 4.94. The van der Waals surface area contributed by atoms with Gasteiger partial charge in [-0.3, -0.25) is 4.98 Å². The summed E-state index contributed by atoms with van der Waals surface area (Å²) in [5.74, 6) is 0. The van der Waals surface area contributed by atoms with E-state index in [1.807, 2.05) is 18.6 Å². The molecule has 0 aliphatic carbocycles. The average molecular weight is 214 g/mol. The topological polar surface area (TPSA) is 45.1 Å². The van der Waals surface area contributed by atoms with Gasteiger partial charge in [-0.25, -0.2) is 0 Å². The zero-order valence-electron chi connectivity index (χ0n) is 8.79. The van der Waals surface area contributed by atoms with E-state index in [4.69, 9.17) is 0 Å². The Kier molecular flexibility index (Phi) is 4.51. The molecule has 0 amide bonds. The zero-order valence-corrected chi connectivity index (χ0v) is 9.60. The van der Waals surface area contributed by atoms with Gasteiger partial charge in [0.15, 0.2) is 0 Å². The average Bonchev–Trinajstić information content (AvgIpc) is 2.56. The molecule has 1 rings (SSSR count). The lowest BCUT2D eigenvalue weighted by molar-refractivity contribution is 0.0498. The lowest BCUT2D eigenvalue weighted by Crippen LogP contribution is -2.37. The smallest absolute Gasteiger partial charge is 0.0794 e. The van der Waals surface area contributed by atoms with Gasteiger partial charge in [0.05, 0.1) is 11.1 Å². The minimum absolute atomic E-state index is 0.584. The number of aromatic nitrogens is 1. The van der Waals surface area contributed by atoms with Crippen molar-refractivity contribution in [2.24, 2.45) is 0 Å². The minimum Gasteiger partial charge on any atom is -0.389 e. The molecule has 1 atom stereocenters. The summed E-state index contributed by atoms with van der Waals surface area (Å²) in [6.07, 6.45) is 3.70. The molecule has 1 heterocycles. The maximum atomic E-state index is 9.87. The third-order valence-electron chi connectivity index (χ3n) is 2.08. The Balaban J connectivity index is 2.20. The first-order chi connectivity index (χ1) is 6.64. The normalized spacial score (nSPS) is 15.4. The number of hydrogen-bond acceptors (Lipinski definition) is 4. The molecule has 4 heteroatoms. The second-order valence-corrected chi connectivity index (χ2v) is 4.79. The van der Waals surface area contributed by atoms with E-state index >= 15 is 0 Å². The fourth-order valence-corrected chi connectivity index (χ4v) is 1.98. The molecule has 0 saturated carbocycles. The highest BCUT2D eigenvalue weighted by molar-refractivity contribution is 7.09. The predicted molar refractivity (Wildman–Crippen MR) is 59.4 cm³/mol. The van der Waals surface area contributed by atoms with Crippen molar-refractivity contribution in [3.8, 4) is 0 Å². The molecule has 0 aliphatic heterocycles. The molecular formula is C10H18N2OS. The van der Waals surface area contributed by atoms with Crippen molar-refractivity contribution in [1.29, 1.82) is 0 Å². The SMILES string of the molecule is CCCC(C)(O)CNCc1cncs1. The van der Waals surface area contributed by atoms with Gasteiger partial charge in [0.2, 0.25) is 0 Å². The van der Waals surface area contributed by atoms with Crippen molar-refractivity contribution < 1.29 is 5.11 Å². The first-order valence-corrected chi connectivity index (χ1v) is 5.82. The van der Waals surface area contributed by atoms with Crippen LogP contribution in [0.3, 0.4) is 0 Å². The number of thiazole rings is 1. The van der Waals surface area contributed by atoms with Gasteiger partial charge in [-0.2, -0.15) is 0 Å². The Morgan fingerprint density at radius 3 is 3.00 bits per heavy atom. The Morgan fingerprint density at radius 2 is 2.43 bits per heavy atom. The number of nitrogens with one attached hydrogen (secondary N) is 1. The molecule has 0 fully saturated rings. The number of nitrogens with zero attached hydrogens (tertiary/aromatic N) is 1. The molecule has 0 radical (unpaired) electrons. The quantitative estimate of drug-likeness (QED) is 0.759. The van der Waals surface area contributed by atoms with Crippen LogP contribution in [0, 0.1) is 0 Å². The van der Waals surface area contributed by atoms with Gasteiger partial charge >= 0.3 is 0 Å². The highest BCUT2D eigenvalue weighted by Crippen LogP contribution is 2.11. The van der Waals surface area contributed by atoms with E-state index < -0.39 is 5.60 Å². The van der Waals surface area contributed by atoms with Crippen molar-refractivity contribution in [3.63, 3.8) is 0 Å². The van der Waals surface area contributed by atoms with Gasteiger partial charge in [-0.15, -0.1) is 11.3 Å². The van der Waals surface area contributed by atoms with E-state index in [1.165, 1.54) is 4.88 Å². The maximum absolute atomic E-state index is 9.87. The van der Waals surface area contributed by atoms with Gasteiger partial charge in [-0.05, 0) is 13.3 Å². The lowest BCUT2D eigenvalue weighted by Gasteiger charge is -2.22. The summed E-state index contributed by atoms with van der Waals surface area (Å²) in [5.41, 5.74) is 1.24. The minimum atomic E-state index is -0.584. The highest BCUT2D eigenvalue weighted by atomic mass is 32.1. The molecule has 14 heavy (non-hydrogen) atoms. The van der Waals surface area contributed by atoms with Gasteiger partial charge in [0, 0.05) is 24.2 Å². The molecule has 1 aromatic rings. The van der Waals surface area contributed by atoms with Crippen molar-refractivity contribution >= 4 is 11.3 Å². The van der Waals surface area contributed by atoms with E-state index in [9.17, 15) is 5.11 Å². The second kappa shape index (κ2) is 5.44. The highest BCUT2D eigenvalue weighted by Gasteiger charge is 2.17. The Morgan fingerprint density at radius 1 is 1.64 bits per heavy atom. The molecule has 80 valence electrons. The number of aliphatic hydroxyl groups is 1. The molecule has 2 N–H and O–H groups in total. The van der Waals surface area contributed by atoms with Crippen LogP contribution in [0.5, 0.6) is 0 Å². The van der Waals surface area contributed by atoms with E-state index in [1.54, 1.807) is 11.3 Å². The summed E-state index contributed by atoms with van der Waals surface area (Å²) in [4.78, 5) is 5.20. The fourth-order valence-electron chi connectivity index (χ4n) is 1.41. The molecule has 0 aromatic carbocycles. The van der Waals surface area contributed by atoms with Crippen LogP contribution in [0.1, 0.15) is 31.6 Å². The molecule has 0 spiro atoms. The summed E-state index contributed by atoms with van der Waals surface area (Å²) in [5, 5.41) is 13.1. The number of hydrogen-bond donors (Lipinski definition) is 2. The van der Waals surface area contributed by atoms with Crippen LogP contribution in [0.2, 0.25) is 0 Å². The summed E-state index contributed by atoms with van der Waals surface area (Å²) >= 11 is 1.63. The van der Waals surface area contributed by atoms with Crippen LogP contribution in [-0.4, -0.2) is 22.2 Å². The molecule has 0 aliphatic rings. The van der Waals surface area contributed by atoms with E-state index in [0.29, 0.717) is 6.54 Å². The zero-order chi connectivity index (χ0) is 10.4. The largest absolute Gasteiger partial charge is 0.389 e. The van der Waals surface area contributed by atoms with E-state index in [0.717, 1.165) is 19.4 Å². The van der Waals surface area contributed by atoms with Crippen LogP contribution < -0.4 is 5.32 Å². The Hall–Kier alpha value is -0.450. The molecule has 1 aromatic heterocycles. The van der Waals surface area contributed by atoms with Crippen molar-refractivity contribution in [2.45, 2.75) is 38.8 Å². The Bertz CT molecular complexity index is 247. The van der Waals surface area contributed by atoms with Gasteiger partial charge < -0.3 is 10.4 Å². The summed E-state index contributed by atoms with van der Waals surface area (Å²) in [7, 11) is 0. The maximum Gasteiger partial charge on any atom is 0.0794 e. The summed E-state index contributed by atoms with van der Waals surface area (Å²) in [6.45, 7) is 5.39. The molecule has 0 saturated heterocycles. The Labute approximate surface area is 89.2 Å². The van der Waals surface area contributed by atoms with Gasteiger partial charge in [0.1, 0.15) is 0 Å². The van der Waals surface area contributed by atoms with E-state index in [-0.39, 0.29) is 0 Å². The summed E-state index contributed by atoms with van der Waals surface area (Å²) < 4.78 is 0. The number of rotatable bonds is 6. The molecule has 3 nitrogen and oxygen atoms in total. The second-order valence-electron chi connectivity index (χ2n) is 3.82. The fraction of sp³-hybridized carbons (Fsp3) is 0.700. The molecular weight excluding hydrogens is 196 g/mol.